The van der Waals surface area contributed by atoms with Gasteiger partial charge < -0.3 is 9.80 Å². The van der Waals surface area contributed by atoms with Gasteiger partial charge in [-0.1, -0.05) is 144 Å². The van der Waals surface area contributed by atoms with Crippen LogP contribution in [0.15, 0.2) is 144 Å². The molecule has 0 bridgehead atoms. The maximum absolute atomic E-state index is 2.63. The van der Waals surface area contributed by atoms with E-state index in [9.17, 15) is 0 Å². The number of nitrogens with zero attached hydrogens (tertiary/aromatic N) is 2. The van der Waals surface area contributed by atoms with Gasteiger partial charge in [0, 0.05) is 43.3 Å². The summed E-state index contributed by atoms with van der Waals surface area (Å²) in [5.41, 5.74) is 22.9. The van der Waals surface area contributed by atoms with Gasteiger partial charge in [0.15, 0.2) is 0 Å². The normalized spacial score (nSPS) is 13.9. The molecule has 68 heavy (non-hydrogen) atoms. The average molecular weight is 923 g/mol. The van der Waals surface area contributed by atoms with Gasteiger partial charge in [0.05, 0.1) is 11.4 Å². The van der Waals surface area contributed by atoms with Crippen LogP contribution in [0.1, 0.15) is 111 Å². The van der Waals surface area contributed by atoms with Crippen LogP contribution in [0.3, 0.4) is 0 Å². The first-order valence-electron chi connectivity index (χ1n) is 24.4. The predicted octanol–water partition coefficient (Wildman–Crippen LogP) is 17.0. The Hall–Kier alpha value is -5.88. The standard InChI is InChI=1S/C63H63BN2S2/c1-38-30-55-59-56(31-38)66(52-23-19-44(61(5,6)7)35-48(52)42-17-15-40-27-29-68-58(40)33-42)54-25-21-46(63(11,12)13)37-50(54)64(59)49-36-45(62(8,9)10)20-24-53(49)65(55)51-22-18-43(60(2,3)4)34-47(51)41-16-14-39-26-28-67-57(39)32-41/h14-37H,1-13H3. The van der Waals surface area contributed by atoms with Crippen LogP contribution in [0.4, 0.5) is 34.1 Å². The minimum Gasteiger partial charge on any atom is -0.311 e. The summed E-state index contributed by atoms with van der Waals surface area (Å²) < 4.78 is 2.62. The van der Waals surface area contributed by atoms with Gasteiger partial charge in [-0.05, 0) is 178 Å². The fourth-order valence-electron chi connectivity index (χ4n) is 10.7. The van der Waals surface area contributed by atoms with Crippen LogP contribution >= 0.6 is 22.7 Å². The van der Waals surface area contributed by atoms with E-state index in [0.717, 1.165) is 0 Å². The molecule has 7 aromatic carbocycles. The topological polar surface area (TPSA) is 6.48 Å². The molecule has 0 atom stereocenters. The smallest absolute Gasteiger partial charge is 0.252 e. The summed E-state index contributed by atoms with van der Waals surface area (Å²) in [6, 6.07) is 52.9. The largest absolute Gasteiger partial charge is 0.311 e. The van der Waals surface area contributed by atoms with E-state index in [1.807, 2.05) is 22.7 Å². The van der Waals surface area contributed by atoms with Crippen molar-refractivity contribution in [3.8, 4) is 22.3 Å². The molecule has 2 aliphatic heterocycles. The molecule has 0 saturated carbocycles. The Morgan fingerprint density at radius 2 is 0.735 bits per heavy atom. The van der Waals surface area contributed by atoms with Crippen molar-refractivity contribution >= 4 is 100 Å². The number of hydrogen-bond acceptors (Lipinski definition) is 4. The van der Waals surface area contributed by atoms with E-state index in [0.29, 0.717) is 0 Å². The lowest BCUT2D eigenvalue weighted by molar-refractivity contribution is 0.590. The first-order valence-corrected chi connectivity index (χ1v) is 26.2. The molecule has 4 heterocycles. The third-order valence-electron chi connectivity index (χ3n) is 14.7. The van der Waals surface area contributed by atoms with Crippen LogP contribution in [0, 0.1) is 6.92 Å². The molecule has 2 aliphatic rings. The van der Waals surface area contributed by atoms with Crippen molar-refractivity contribution in [3.05, 3.63) is 172 Å². The van der Waals surface area contributed by atoms with E-state index >= 15 is 0 Å². The zero-order valence-electron chi connectivity index (χ0n) is 42.1. The number of hydrogen-bond donors (Lipinski definition) is 0. The van der Waals surface area contributed by atoms with E-state index < -0.39 is 0 Å². The van der Waals surface area contributed by atoms with Crippen molar-refractivity contribution < 1.29 is 0 Å². The van der Waals surface area contributed by atoms with Crippen molar-refractivity contribution in [1.29, 1.82) is 0 Å². The minimum atomic E-state index is -0.0456. The van der Waals surface area contributed by atoms with E-state index in [1.165, 1.54) is 121 Å². The van der Waals surface area contributed by atoms with Crippen LogP contribution in [-0.2, 0) is 21.7 Å². The number of rotatable bonds is 4. The van der Waals surface area contributed by atoms with Crippen molar-refractivity contribution in [2.45, 2.75) is 112 Å². The Bertz CT molecular complexity index is 3260. The number of aryl methyl sites for hydroxylation is 1. The zero-order valence-corrected chi connectivity index (χ0v) is 43.8. The molecule has 340 valence electrons. The summed E-state index contributed by atoms with van der Waals surface area (Å²) in [4.78, 5) is 5.27. The molecule has 0 unspecified atom stereocenters. The number of anilines is 6. The predicted molar refractivity (Wildman–Crippen MR) is 302 cm³/mol. The maximum atomic E-state index is 2.63. The molecular formula is C63H63BN2S2. The SMILES string of the molecule is Cc1cc2c3c(c1)N(c1ccc(C(C)(C)C)cc1-c1ccc4ccsc4c1)c1ccc(C(C)(C)C)cc1B3c1cc(C(C)(C)C)ccc1N2c1ccc(C(C)(C)C)cc1-c1ccc2ccsc2c1. The molecule has 5 heteroatoms. The summed E-state index contributed by atoms with van der Waals surface area (Å²) >= 11 is 3.64. The van der Waals surface area contributed by atoms with E-state index in [2.05, 4.69) is 244 Å². The van der Waals surface area contributed by atoms with Crippen LogP contribution < -0.4 is 26.2 Å². The van der Waals surface area contributed by atoms with Gasteiger partial charge in [-0.2, -0.15) is 0 Å². The second-order valence-electron chi connectivity index (χ2n) is 23.7. The van der Waals surface area contributed by atoms with E-state index in [1.54, 1.807) is 0 Å². The third kappa shape index (κ3) is 7.44. The molecule has 11 rings (SSSR count). The molecule has 0 N–H and O–H groups in total. The van der Waals surface area contributed by atoms with Crippen molar-refractivity contribution in [2.75, 3.05) is 9.80 Å². The second kappa shape index (κ2) is 15.6. The quantitative estimate of drug-likeness (QED) is 0.162. The van der Waals surface area contributed by atoms with Gasteiger partial charge in [-0.25, -0.2) is 0 Å². The molecule has 2 aromatic heterocycles. The van der Waals surface area contributed by atoms with E-state index in [4.69, 9.17) is 0 Å². The summed E-state index contributed by atoms with van der Waals surface area (Å²) in [6.07, 6.45) is 0. The molecule has 2 nitrogen and oxygen atoms in total. The number of fused-ring (bicyclic) bond motifs is 6. The average Bonchev–Trinajstić information content (AvgIpc) is 3.96. The molecule has 0 amide bonds. The molecule has 0 aliphatic carbocycles. The summed E-state index contributed by atoms with van der Waals surface area (Å²) in [5, 5.41) is 7.01. The maximum Gasteiger partial charge on any atom is 0.252 e. The third-order valence-corrected chi connectivity index (χ3v) is 16.4. The lowest BCUT2D eigenvalue weighted by Gasteiger charge is -2.46. The Morgan fingerprint density at radius 1 is 0.368 bits per heavy atom. The van der Waals surface area contributed by atoms with Crippen molar-refractivity contribution in [3.63, 3.8) is 0 Å². The first-order chi connectivity index (χ1) is 32.1. The fraction of sp³-hybridized carbons (Fsp3) is 0.270. The van der Waals surface area contributed by atoms with Gasteiger partial charge in [0.1, 0.15) is 0 Å². The monoisotopic (exact) mass is 922 g/mol. The highest BCUT2D eigenvalue weighted by atomic mass is 32.1. The molecule has 0 radical (unpaired) electrons. The molecule has 0 fully saturated rings. The molecular weight excluding hydrogens is 860 g/mol. The Kier molecular flexibility index (Phi) is 10.2. The van der Waals surface area contributed by atoms with E-state index in [-0.39, 0.29) is 28.4 Å². The van der Waals surface area contributed by atoms with Gasteiger partial charge in [0.2, 0.25) is 0 Å². The highest BCUT2D eigenvalue weighted by Gasteiger charge is 2.45. The Morgan fingerprint density at radius 3 is 1.12 bits per heavy atom. The van der Waals surface area contributed by atoms with Gasteiger partial charge in [-0.3, -0.25) is 0 Å². The van der Waals surface area contributed by atoms with Crippen molar-refractivity contribution in [2.24, 2.45) is 0 Å². The summed E-state index contributed by atoms with van der Waals surface area (Å²) in [5.74, 6) is 0. The lowest BCUT2D eigenvalue weighted by atomic mass is 9.33. The van der Waals surface area contributed by atoms with Crippen LogP contribution in [0.5, 0.6) is 0 Å². The fourth-order valence-corrected chi connectivity index (χ4v) is 12.4. The van der Waals surface area contributed by atoms with Gasteiger partial charge in [-0.15, -0.1) is 22.7 Å². The van der Waals surface area contributed by atoms with Crippen LogP contribution in [-0.4, -0.2) is 6.71 Å². The van der Waals surface area contributed by atoms with Gasteiger partial charge >= 0.3 is 0 Å². The summed E-state index contributed by atoms with van der Waals surface area (Å²) in [7, 11) is 0. The summed E-state index contributed by atoms with van der Waals surface area (Å²) in [6.45, 7) is 30.4. The lowest BCUT2D eigenvalue weighted by Crippen LogP contribution is -2.61. The number of benzene rings is 7. The molecule has 0 saturated heterocycles. The second-order valence-corrected chi connectivity index (χ2v) is 25.6. The van der Waals surface area contributed by atoms with Crippen LogP contribution in [0.25, 0.3) is 42.4 Å². The Labute approximate surface area is 413 Å². The molecule has 0 spiro atoms. The highest BCUT2D eigenvalue weighted by Crippen LogP contribution is 2.50. The van der Waals surface area contributed by atoms with Crippen LogP contribution in [0.2, 0.25) is 0 Å². The first kappa shape index (κ1) is 44.6. The Balaban J connectivity index is 1.25. The zero-order chi connectivity index (χ0) is 47.8. The van der Waals surface area contributed by atoms with Crippen molar-refractivity contribution in [1.82, 2.24) is 0 Å². The van der Waals surface area contributed by atoms with Gasteiger partial charge in [0.25, 0.3) is 6.71 Å². The molecule has 9 aromatic rings. The minimum absolute atomic E-state index is 0.00207. The number of thiophene rings is 2. The highest BCUT2D eigenvalue weighted by molar-refractivity contribution is 7.17.